The number of nitrogens with zero attached hydrogens (tertiary/aromatic N) is 1. The van der Waals surface area contributed by atoms with Gasteiger partial charge in [0, 0.05) is 5.56 Å². The summed E-state index contributed by atoms with van der Waals surface area (Å²) in [7, 11) is 0. The summed E-state index contributed by atoms with van der Waals surface area (Å²) in [5.74, 6) is 3.36. The fourth-order valence-electron chi connectivity index (χ4n) is 1.22. The van der Waals surface area contributed by atoms with E-state index in [0.717, 1.165) is 0 Å². The molecule has 0 heterocycles. The fraction of sp³-hybridized carbons (Fsp3) is 0.100. The molecule has 0 saturated carbocycles. The Hall–Kier alpha value is -2.21. The standard InChI is InChI=1S/C10H10N2O4/c1-6-4-7(10(15)16)2-3-8(6)9(14)12(11)5-13/h2-5H,11H2,1H3,(H,15,16). The Labute approximate surface area is 91.2 Å². The van der Waals surface area contributed by atoms with Gasteiger partial charge in [0.2, 0.25) is 6.41 Å². The summed E-state index contributed by atoms with van der Waals surface area (Å²) in [6, 6.07) is 3.94. The van der Waals surface area contributed by atoms with Gasteiger partial charge in [0.05, 0.1) is 5.56 Å². The molecule has 1 rings (SSSR count). The zero-order chi connectivity index (χ0) is 12.3. The third-order valence-corrected chi connectivity index (χ3v) is 2.05. The normalized spacial score (nSPS) is 9.62. The molecule has 3 N–H and O–H groups in total. The van der Waals surface area contributed by atoms with Crippen LogP contribution in [0.3, 0.4) is 0 Å². The van der Waals surface area contributed by atoms with Crippen LogP contribution in [-0.2, 0) is 4.79 Å². The van der Waals surface area contributed by atoms with Crippen molar-refractivity contribution in [2.45, 2.75) is 6.92 Å². The van der Waals surface area contributed by atoms with Gasteiger partial charge in [0.15, 0.2) is 0 Å². The first-order valence-electron chi connectivity index (χ1n) is 4.35. The molecular weight excluding hydrogens is 212 g/mol. The molecule has 16 heavy (non-hydrogen) atoms. The highest BCUT2D eigenvalue weighted by Gasteiger charge is 2.15. The van der Waals surface area contributed by atoms with E-state index in [4.69, 9.17) is 10.9 Å². The molecule has 0 aliphatic rings. The molecule has 0 fully saturated rings. The van der Waals surface area contributed by atoms with Crippen molar-refractivity contribution in [1.82, 2.24) is 5.01 Å². The van der Waals surface area contributed by atoms with Crippen LogP contribution in [0.1, 0.15) is 26.3 Å². The van der Waals surface area contributed by atoms with Crippen LogP contribution in [0, 0.1) is 6.92 Å². The largest absolute Gasteiger partial charge is 0.478 e. The highest BCUT2D eigenvalue weighted by Crippen LogP contribution is 2.12. The summed E-state index contributed by atoms with van der Waals surface area (Å²) < 4.78 is 0. The number of aryl methyl sites for hydroxylation is 1. The molecule has 6 nitrogen and oxygen atoms in total. The second-order valence-corrected chi connectivity index (χ2v) is 3.15. The zero-order valence-corrected chi connectivity index (χ0v) is 8.51. The van der Waals surface area contributed by atoms with E-state index in [2.05, 4.69) is 0 Å². The molecule has 1 aromatic carbocycles. The number of carboxylic acids is 1. The average molecular weight is 222 g/mol. The number of rotatable bonds is 3. The Morgan fingerprint density at radius 3 is 2.50 bits per heavy atom. The van der Waals surface area contributed by atoms with Gasteiger partial charge in [-0.1, -0.05) is 0 Å². The SMILES string of the molecule is Cc1cc(C(=O)O)ccc1C(=O)N(N)C=O. The number of imide groups is 1. The van der Waals surface area contributed by atoms with Crippen molar-refractivity contribution in [3.05, 3.63) is 34.9 Å². The number of carbonyl (C=O) groups is 3. The number of nitrogens with two attached hydrogens (primary N) is 1. The molecule has 0 aliphatic carbocycles. The number of amides is 2. The Balaban J connectivity index is 3.13. The first-order valence-corrected chi connectivity index (χ1v) is 4.35. The van der Waals surface area contributed by atoms with Gasteiger partial charge in [-0.3, -0.25) is 9.59 Å². The second kappa shape index (κ2) is 4.54. The highest BCUT2D eigenvalue weighted by atomic mass is 16.4. The molecule has 0 saturated heterocycles. The van der Waals surface area contributed by atoms with E-state index in [-0.39, 0.29) is 17.5 Å². The van der Waals surface area contributed by atoms with Crippen LogP contribution >= 0.6 is 0 Å². The van der Waals surface area contributed by atoms with E-state index in [1.807, 2.05) is 0 Å². The maximum Gasteiger partial charge on any atom is 0.335 e. The number of aromatic carboxylic acids is 1. The van der Waals surface area contributed by atoms with Crippen LogP contribution in [0.5, 0.6) is 0 Å². The quantitative estimate of drug-likeness (QED) is 0.328. The van der Waals surface area contributed by atoms with E-state index in [1.54, 1.807) is 6.92 Å². The lowest BCUT2D eigenvalue weighted by atomic mass is 10.0. The molecule has 2 amide bonds. The Morgan fingerprint density at radius 2 is 2.06 bits per heavy atom. The number of hydrogen-bond donors (Lipinski definition) is 2. The molecular formula is C10H10N2O4. The third-order valence-electron chi connectivity index (χ3n) is 2.05. The van der Waals surface area contributed by atoms with Crippen molar-refractivity contribution >= 4 is 18.3 Å². The number of benzene rings is 1. The van der Waals surface area contributed by atoms with Crippen LogP contribution < -0.4 is 5.84 Å². The first-order chi connectivity index (χ1) is 7.47. The van der Waals surface area contributed by atoms with Crippen molar-refractivity contribution in [3.8, 4) is 0 Å². The average Bonchev–Trinajstić information content (AvgIpc) is 2.26. The molecule has 84 valence electrons. The van der Waals surface area contributed by atoms with Gasteiger partial charge in [-0.25, -0.2) is 15.6 Å². The molecule has 0 bridgehead atoms. The van der Waals surface area contributed by atoms with Crippen LogP contribution in [0.2, 0.25) is 0 Å². The predicted octanol–water partition coefficient (Wildman–Crippen LogP) is 0.166. The third kappa shape index (κ3) is 2.23. The minimum absolute atomic E-state index is 0.0729. The molecule has 0 atom stereocenters. The van der Waals surface area contributed by atoms with Crippen molar-refractivity contribution in [2.75, 3.05) is 0 Å². The monoisotopic (exact) mass is 222 g/mol. The van der Waals surface area contributed by atoms with Crippen molar-refractivity contribution in [2.24, 2.45) is 5.84 Å². The summed E-state index contributed by atoms with van der Waals surface area (Å²) >= 11 is 0. The van der Waals surface area contributed by atoms with E-state index in [1.165, 1.54) is 18.2 Å². The Morgan fingerprint density at radius 1 is 1.44 bits per heavy atom. The Kier molecular flexibility index (Phi) is 3.37. The van der Waals surface area contributed by atoms with E-state index in [0.29, 0.717) is 10.6 Å². The molecule has 6 heteroatoms. The summed E-state index contributed by atoms with van der Waals surface area (Å²) in [4.78, 5) is 32.4. The lowest BCUT2D eigenvalue weighted by Crippen LogP contribution is -2.36. The van der Waals surface area contributed by atoms with E-state index < -0.39 is 11.9 Å². The van der Waals surface area contributed by atoms with Gasteiger partial charge in [-0.05, 0) is 30.7 Å². The van der Waals surface area contributed by atoms with Crippen molar-refractivity contribution < 1.29 is 19.5 Å². The van der Waals surface area contributed by atoms with Crippen molar-refractivity contribution in [3.63, 3.8) is 0 Å². The van der Waals surface area contributed by atoms with E-state index in [9.17, 15) is 14.4 Å². The number of carbonyl (C=O) groups excluding carboxylic acids is 2. The van der Waals surface area contributed by atoms with Crippen LogP contribution in [0.25, 0.3) is 0 Å². The highest BCUT2D eigenvalue weighted by molar-refractivity contribution is 6.01. The minimum Gasteiger partial charge on any atom is -0.478 e. The topological polar surface area (TPSA) is 101 Å². The number of hydrogen-bond acceptors (Lipinski definition) is 4. The molecule has 0 spiro atoms. The first kappa shape index (κ1) is 11.9. The maximum atomic E-state index is 11.5. The van der Waals surface area contributed by atoms with Crippen LogP contribution in [0.15, 0.2) is 18.2 Å². The van der Waals surface area contributed by atoms with Gasteiger partial charge in [-0.2, -0.15) is 0 Å². The van der Waals surface area contributed by atoms with E-state index >= 15 is 0 Å². The number of hydrazine groups is 1. The van der Waals surface area contributed by atoms with Crippen LogP contribution in [-0.4, -0.2) is 28.4 Å². The summed E-state index contributed by atoms with van der Waals surface area (Å²) in [6.07, 6.45) is 0.187. The van der Waals surface area contributed by atoms with Gasteiger partial charge < -0.3 is 5.11 Å². The minimum atomic E-state index is -1.08. The summed E-state index contributed by atoms with van der Waals surface area (Å²) in [5.41, 5.74) is 0.713. The molecule has 1 aromatic rings. The van der Waals surface area contributed by atoms with Gasteiger partial charge in [0.25, 0.3) is 5.91 Å². The zero-order valence-electron chi connectivity index (χ0n) is 8.51. The molecule has 0 aromatic heterocycles. The maximum absolute atomic E-state index is 11.5. The smallest absolute Gasteiger partial charge is 0.335 e. The molecule has 0 aliphatic heterocycles. The lowest BCUT2D eigenvalue weighted by molar-refractivity contribution is -0.116. The number of carboxylic acid groups (broad SMARTS) is 1. The molecule has 0 unspecified atom stereocenters. The van der Waals surface area contributed by atoms with Crippen LogP contribution in [0.4, 0.5) is 0 Å². The van der Waals surface area contributed by atoms with Gasteiger partial charge >= 0.3 is 5.97 Å². The predicted molar refractivity (Wildman–Crippen MR) is 54.6 cm³/mol. The van der Waals surface area contributed by atoms with Gasteiger partial charge in [-0.15, -0.1) is 0 Å². The molecule has 0 radical (unpaired) electrons. The fourth-order valence-corrected chi connectivity index (χ4v) is 1.22. The Bertz CT molecular complexity index is 456. The second-order valence-electron chi connectivity index (χ2n) is 3.15. The van der Waals surface area contributed by atoms with Crippen molar-refractivity contribution in [1.29, 1.82) is 0 Å². The van der Waals surface area contributed by atoms with Gasteiger partial charge in [0.1, 0.15) is 0 Å². The lowest BCUT2D eigenvalue weighted by Gasteiger charge is -2.10. The summed E-state index contributed by atoms with van der Waals surface area (Å²) in [5, 5.41) is 9.12. The summed E-state index contributed by atoms with van der Waals surface area (Å²) in [6.45, 7) is 1.57.